The van der Waals surface area contributed by atoms with E-state index in [1.807, 2.05) is 0 Å². The first-order valence-electron chi connectivity index (χ1n) is 6.22. The molecule has 0 aliphatic carbocycles. The summed E-state index contributed by atoms with van der Waals surface area (Å²) in [4.78, 5) is 10.9. The number of thiophene rings is 1. The fourth-order valence-electron chi connectivity index (χ4n) is 1.82. The quantitative estimate of drug-likeness (QED) is 0.409. The molecule has 104 valence electrons. The van der Waals surface area contributed by atoms with Crippen molar-refractivity contribution in [3.05, 3.63) is 10.9 Å². The van der Waals surface area contributed by atoms with Crippen LogP contribution in [0.25, 0.3) is 10.2 Å². The van der Waals surface area contributed by atoms with Crippen LogP contribution in [0.2, 0.25) is 0 Å². The highest BCUT2D eigenvalue weighted by Crippen LogP contribution is 2.29. The lowest BCUT2D eigenvalue weighted by Gasteiger charge is -2.08. The molecule has 2 rings (SSSR count). The van der Waals surface area contributed by atoms with E-state index in [1.165, 1.54) is 4.88 Å². The Hall–Kier alpha value is -1.44. The molecular formula is C12H19N5OS. The third-order valence-corrected chi connectivity index (χ3v) is 3.66. The first-order valence-corrected chi connectivity index (χ1v) is 7.04. The number of hydrazine groups is 1. The van der Waals surface area contributed by atoms with Crippen molar-refractivity contribution in [2.75, 3.05) is 31.0 Å². The number of rotatable bonds is 7. The number of nitrogens with zero attached hydrogens (tertiary/aromatic N) is 2. The fourth-order valence-corrected chi connectivity index (χ4v) is 2.70. The molecule has 0 radical (unpaired) electrons. The topological polar surface area (TPSA) is 85.1 Å². The van der Waals surface area contributed by atoms with Crippen molar-refractivity contribution in [3.8, 4) is 0 Å². The van der Waals surface area contributed by atoms with Gasteiger partial charge in [-0.15, -0.1) is 11.3 Å². The Balaban J connectivity index is 2.11. The molecule has 2 heterocycles. The zero-order valence-corrected chi connectivity index (χ0v) is 12.0. The van der Waals surface area contributed by atoms with Gasteiger partial charge in [-0.2, -0.15) is 4.98 Å². The summed E-state index contributed by atoms with van der Waals surface area (Å²) >= 11 is 1.64. The number of nitrogens with two attached hydrogens (primary N) is 1. The molecule has 0 saturated heterocycles. The highest BCUT2D eigenvalue weighted by atomic mass is 32.1. The standard InChI is InChI=1S/C12H19N5OS/c1-8-7-9-10(14-5-3-4-6-18-2)15-12(17-13)16-11(9)19-8/h7H,3-6,13H2,1-2H3,(H2,14,15,16,17). The second kappa shape index (κ2) is 6.65. The third-order valence-electron chi connectivity index (χ3n) is 2.71. The van der Waals surface area contributed by atoms with Crippen molar-refractivity contribution in [2.45, 2.75) is 19.8 Å². The number of aryl methyl sites for hydroxylation is 1. The molecule has 2 aromatic heterocycles. The number of hydrogen-bond donors (Lipinski definition) is 3. The van der Waals surface area contributed by atoms with Crippen LogP contribution in [0.5, 0.6) is 0 Å². The molecule has 6 nitrogen and oxygen atoms in total. The average molecular weight is 281 g/mol. The smallest absolute Gasteiger partial charge is 0.240 e. The Morgan fingerprint density at radius 3 is 2.95 bits per heavy atom. The molecule has 19 heavy (non-hydrogen) atoms. The molecule has 0 aliphatic rings. The summed E-state index contributed by atoms with van der Waals surface area (Å²) in [6.45, 7) is 3.70. The van der Waals surface area contributed by atoms with Crippen LogP contribution in [0, 0.1) is 6.92 Å². The van der Waals surface area contributed by atoms with Gasteiger partial charge in [-0.1, -0.05) is 0 Å². The van der Waals surface area contributed by atoms with E-state index in [1.54, 1.807) is 18.4 Å². The van der Waals surface area contributed by atoms with Gasteiger partial charge in [0, 0.05) is 25.1 Å². The molecule has 0 unspecified atom stereocenters. The summed E-state index contributed by atoms with van der Waals surface area (Å²) in [5.74, 6) is 6.67. The molecule has 0 aliphatic heterocycles. The van der Waals surface area contributed by atoms with E-state index in [0.717, 1.165) is 42.0 Å². The molecule has 7 heteroatoms. The zero-order chi connectivity index (χ0) is 13.7. The second-order valence-electron chi connectivity index (χ2n) is 4.24. The van der Waals surface area contributed by atoms with Crippen LogP contribution in [0.15, 0.2) is 6.07 Å². The summed E-state index contributed by atoms with van der Waals surface area (Å²) in [6.07, 6.45) is 2.07. The molecule has 0 saturated carbocycles. The number of ether oxygens (including phenoxy) is 1. The van der Waals surface area contributed by atoms with Crippen LogP contribution in [0.1, 0.15) is 17.7 Å². The van der Waals surface area contributed by atoms with Gasteiger partial charge in [-0.05, 0) is 25.8 Å². The number of nitrogens with one attached hydrogen (secondary N) is 2. The Morgan fingerprint density at radius 1 is 1.37 bits per heavy atom. The molecule has 0 aromatic carbocycles. The number of anilines is 2. The summed E-state index contributed by atoms with van der Waals surface area (Å²) in [5.41, 5.74) is 2.50. The minimum Gasteiger partial charge on any atom is -0.385 e. The van der Waals surface area contributed by atoms with Crippen LogP contribution in [-0.4, -0.2) is 30.2 Å². The highest BCUT2D eigenvalue weighted by molar-refractivity contribution is 7.18. The van der Waals surface area contributed by atoms with Crippen molar-refractivity contribution < 1.29 is 4.74 Å². The number of methoxy groups -OCH3 is 1. The van der Waals surface area contributed by atoms with E-state index >= 15 is 0 Å². The highest BCUT2D eigenvalue weighted by Gasteiger charge is 2.09. The minimum absolute atomic E-state index is 0.439. The summed E-state index contributed by atoms with van der Waals surface area (Å²) in [6, 6.07) is 2.10. The molecule has 0 spiro atoms. The first kappa shape index (κ1) is 14.0. The van der Waals surface area contributed by atoms with Gasteiger partial charge >= 0.3 is 0 Å². The number of unbranched alkanes of at least 4 members (excludes halogenated alkanes) is 1. The van der Waals surface area contributed by atoms with E-state index in [9.17, 15) is 0 Å². The third kappa shape index (κ3) is 3.52. The maximum atomic E-state index is 5.40. The molecule has 0 bridgehead atoms. The van der Waals surface area contributed by atoms with Gasteiger partial charge in [0.15, 0.2) is 0 Å². The van der Waals surface area contributed by atoms with Crippen LogP contribution >= 0.6 is 11.3 Å². The zero-order valence-electron chi connectivity index (χ0n) is 11.2. The van der Waals surface area contributed by atoms with E-state index < -0.39 is 0 Å². The fraction of sp³-hybridized carbons (Fsp3) is 0.500. The van der Waals surface area contributed by atoms with Crippen LogP contribution < -0.4 is 16.6 Å². The van der Waals surface area contributed by atoms with Gasteiger partial charge in [0.2, 0.25) is 5.95 Å². The monoisotopic (exact) mass is 281 g/mol. The summed E-state index contributed by atoms with van der Waals surface area (Å²) < 4.78 is 5.03. The van der Waals surface area contributed by atoms with Crippen molar-refractivity contribution in [1.82, 2.24) is 9.97 Å². The summed E-state index contributed by atoms with van der Waals surface area (Å²) in [7, 11) is 1.72. The maximum Gasteiger partial charge on any atom is 0.240 e. The Bertz CT molecular complexity index is 542. The van der Waals surface area contributed by atoms with Crippen LogP contribution in [0.3, 0.4) is 0 Å². The van der Waals surface area contributed by atoms with E-state index in [0.29, 0.717) is 5.95 Å². The molecular weight excluding hydrogens is 262 g/mol. The predicted molar refractivity (Wildman–Crippen MR) is 79.6 cm³/mol. The van der Waals surface area contributed by atoms with Gasteiger partial charge < -0.3 is 10.1 Å². The normalized spacial score (nSPS) is 10.9. The van der Waals surface area contributed by atoms with E-state index in [4.69, 9.17) is 10.6 Å². The van der Waals surface area contributed by atoms with Crippen LogP contribution in [-0.2, 0) is 4.74 Å². The lowest BCUT2D eigenvalue weighted by atomic mass is 10.3. The molecule has 4 N–H and O–H groups in total. The number of nitrogen functional groups attached to an aromatic ring is 1. The van der Waals surface area contributed by atoms with Gasteiger partial charge in [0.25, 0.3) is 0 Å². The van der Waals surface area contributed by atoms with Gasteiger partial charge in [0.1, 0.15) is 10.6 Å². The van der Waals surface area contributed by atoms with Crippen LogP contribution in [0.4, 0.5) is 11.8 Å². The van der Waals surface area contributed by atoms with E-state index in [2.05, 4.69) is 33.7 Å². The molecule has 2 aromatic rings. The first-order chi connectivity index (χ1) is 9.24. The Labute approximate surface area is 116 Å². The molecule has 0 fully saturated rings. The van der Waals surface area contributed by atoms with Crippen molar-refractivity contribution in [1.29, 1.82) is 0 Å². The Morgan fingerprint density at radius 2 is 2.21 bits per heavy atom. The Kier molecular flexibility index (Phi) is 4.89. The van der Waals surface area contributed by atoms with Gasteiger partial charge in [-0.3, -0.25) is 5.43 Å². The SMILES string of the molecule is COCCCCNc1nc(NN)nc2sc(C)cc12. The largest absolute Gasteiger partial charge is 0.385 e. The second-order valence-corrected chi connectivity index (χ2v) is 5.48. The van der Waals surface area contributed by atoms with Gasteiger partial charge in [-0.25, -0.2) is 10.8 Å². The summed E-state index contributed by atoms with van der Waals surface area (Å²) in [5, 5.41) is 4.39. The minimum atomic E-state index is 0.439. The van der Waals surface area contributed by atoms with Crippen molar-refractivity contribution >= 4 is 33.3 Å². The molecule has 0 atom stereocenters. The van der Waals surface area contributed by atoms with E-state index in [-0.39, 0.29) is 0 Å². The predicted octanol–water partition coefficient (Wildman–Crippen LogP) is 2.12. The van der Waals surface area contributed by atoms with Crippen molar-refractivity contribution in [2.24, 2.45) is 5.84 Å². The molecule has 0 amide bonds. The van der Waals surface area contributed by atoms with Crippen molar-refractivity contribution in [3.63, 3.8) is 0 Å². The number of aromatic nitrogens is 2. The number of hydrogen-bond acceptors (Lipinski definition) is 7. The number of fused-ring (bicyclic) bond motifs is 1. The lowest BCUT2D eigenvalue weighted by molar-refractivity contribution is 0.194. The maximum absolute atomic E-state index is 5.40. The average Bonchev–Trinajstić information content (AvgIpc) is 2.78. The van der Waals surface area contributed by atoms with Gasteiger partial charge in [0.05, 0.1) is 5.39 Å². The lowest BCUT2D eigenvalue weighted by Crippen LogP contribution is -2.12.